The van der Waals surface area contributed by atoms with Gasteiger partial charge in [0.05, 0.1) is 0 Å². The molecule has 1 atom stereocenters. The van der Waals surface area contributed by atoms with E-state index in [-0.39, 0.29) is 30.7 Å². The summed E-state index contributed by atoms with van der Waals surface area (Å²) in [5.41, 5.74) is 8.33. The van der Waals surface area contributed by atoms with E-state index in [1.54, 1.807) is 4.90 Å². The van der Waals surface area contributed by atoms with Gasteiger partial charge >= 0.3 is 0 Å². The number of aliphatic hydroxyl groups excluding tert-OH is 1. The van der Waals surface area contributed by atoms with E-state index in [2.05, 4.69) is 16.3 Å². The monoisotopic (exact) mass is 430 g/mol. The molecule has 0 aromatic heterocycles. The smallest absolute Gasteiger partial charge is 0.255 e. The van der Waals surface area contributed by atoms with Crippen molar-refractivity contribution < 1.29 is 19.5 Å². The highest BCUT2D eigenvalue weighted by molar-refractivity contribution is 6.06. The molecule has 31 heavy (non-hydrogen) atoms. The molecule has 3 rings (SSSR count). The Kier molecular flexibility index (Phi) is 8.43. The maximum atomic E-state index is 13.1. The van der Waals surface area contributed by atoms with Gasteiger partial charge in [-0.1, -0.05) is 18.9 Å². The van der Waals surface area contributed by atoms with Gasteiger partial charge in [0.2, 0.25) is 11.8 Å². The largest absolute Gasteiger partial charge is 0.396 e. The number of benzene rings is 1. The van der Waals surface area contributed by atoms with Crippen molar-refractivity contribution in [1.82, 2.24) is 10.2 Å². The van der Waals surface area contributed by atoms with Crippen LogP contribution >= 0.6 is 0 Å². The van der Waals surface area contributed by atoms with Crippen LogP contribution in [0.4, 0.5) is 5.69 Å². The molecule has 1 aromatic carbocycles. The van der Waals surface area contributed by atoms with Gasteiger partial charge < -0.3 is 20.6 Å². The Morgan fingerprint density at radius 2 is 1.81 bits per heavy atom. The lowest BCUT2D eigenvalue weighted by atomic mass is 10.0. The molecule has 2 heterocycles. The molecule has 170 valence electrons. The highest BCUT2D eigenvalue weighted by atomic mass is 16.3. The molecule has 0 aliphatic carbocycles. The zero-order chi connectivity index (χ0) is 22.2. The molecule has 8 heteroatoms. The number of rotatable bonds is 12. The third-order valence-electron chi connectivity index (χ3n) is 6.12. The van der Waals surface area contributed by atoms with E-state index in [0.717, 1.165) is 62.9 Å². The van der Waals surface area contributed by atoms with Crippen molar-refractivity contribution in [1.29, 1.82) is 0 Å². The summed E-state index contributed by atoms with van der Waals surface area (Å²) in [6.45, 7) is 3.00. The highest BCUT2D eigenvalue weighted by Gasteiger charge is 2.40. The third kappa shape index (κ3) is 5.62. The van der Waals surface area contributed by atoms with Gasteiger partial charge in [-0.2, -0.15) is 0 Å². The predicted octanol–water partition coefficient (Wildman–Crippen LogP) is 1.55. The van der Waals surface area contributed by atoms with Gasteiger partial charge in [0.15, 0.2) is 0 Å². The van der Waals surface area contributed by atoms with Crippen LogP contribution in [0.25, 0.3) is 0 Å². The topological polar surface area (TPSA) is 116 Å². The van der Waals surface area contributed by atoms with E-state index in [1.165, 1.54) is 0 Å². The zero-order valence-electron chi connectivity index (χ0n) is 18.1. The average molecular weight is 431 g/mol. The molecule has 3 amide bonds. The van der Waals surface area contributed by atoms with Crippen molar-refractivity contribution in [3.05, 3.63) is 29.3 Å². The van der Waals surface area contributed by atoms with E-state index in [1.807, 2.05) is 12.1 Å². The van der Waals surface area contributed by atoms with Crippen molar-refractivity contribution in [3.8, 4) is 0 Å². The number of nitrogens with two attached hydrogens (primary N) is 1. The SMILES string of the molecule is NCCCCN(CCCCCCO)c1cccc2c1CN(C1CCC(=O)NC1=O)C2=O. The van der Waals surface area contributed by atoms with E-state index in [4.69, 9.17) is 10.8 Å². The fraction of sp³-hybridized carbons (Fsp3) is 0.609. The number of hydrogen-bond acceptors (Lipinski definition) is 6. The molecule has 0 bridgehead atoms. The van der Waals surface area contributed by atoms with Crippen LogP contribution in [-0.4, -0.2) is 60.0 Å². The fourth-order valence-corrected chi connectivity index (χ4v) is 4.43. The summed E-state index contributed by atoms with van der Waals surface area (Å²) in [5.74, 6) is -0.808. The molecule has 2 aliphatic rings. The van der Waals surface area contributed by atoms with E-state index in [0.29, 0.717) is 25.1 Å². The molecule has 4 N–H and O–H groups in total. The number of amides is 3. The first-order valence-corrected chi connectivity index (χ1v) is 11.4. The predicted molar refractivity (Wildman–Crippen MR) is 119 cm³/mol. The van der Waals surface area contributed by atoms with E-state index in [9.17, 15) is 14.4 Å². The van der Waals surface area contributed by atoms with Crippen LogP contribution in [-0.2, 0) is 16.1 Å². The van der Waals surface area contributed by atoms with Crippen LogP contribution in [0.3, 0.4) is 0 Å². The van der Waals surface area contributed by atoms with Crippen LogP contribution in [0.1, 0.15) is 67.3 Å². The van der Waals surface area contributed by atoms with E-state index >= 15 is 0 Å². The number of aliphatic hydroxyl groups is 1. The molecule has 2 aliphatic heterocycles. The second-order valence-electron chi connectivity index (χ2n) is 8.32. The van der Waals surface area contributed by atoms with Gasteiger partial charge in [-0.3, -0.25) is 19.7 Å². The summed E-state index contributed by atoms with van der Waals surface area (Å²) in [4.78, 5) is 40.9. The molecule has 0 spiro atoms. The Hall–Kier alpha value is -2.45. The Morgan fingerprint density at radius 3 is 2.52 bits per heavy atom. The summed E-state index contributed by atoms with van der Waals surface area (Å²) in [6.07, 6.45) is 6.42. The number of unbranched alkanes of at least 4 members (excludes halogenated alkanes) is 4. The van der Waals surface area contributed by atoms with Gasteiger partial charge in [-0.05, 0) is 50.8 Å². The maximum Gasteiger partial charge on any atom is 0.255 e. The van der Waals surface area contributed by atoms with Crippen molar-refractivity contribution in [3.63, 3.8) is 0 Å². The van der Waals surface area contributed by atoms with Gasteiger partial charge in [-0.25, -0.2) is 0 Å². The first-order chi connectivity index (χ1) is 15.1. The van der Waals surface area contributed by atoms with Crippen LogP contribution in [0.5, 0.6) is 0 Å². The number of anilines is 1. The quantitative estimate of drug-likeness (QED) is 0.342. The first-order valence-electron chi connectivity index (χ1n) is 11.4. The molecule has 0 radical (unpaired) electrons. The zero-order valence-corrected chi connectivity index (χ0v) is 18.1. The van der Waals surface area contributed by atoms with Crippen molar-refractivity contribution in [2.45, 2.75) is 64.0 Å². The summed E-state index contributed by atoms with van der Waals surface area (Å²) >= 11 is 0. The number of fused-ring (bicyclic) bond motifs is 1. The molecule has 1 fully saturated rings. The number of piperidine rings is 1. The number of carbonyl (C=O) groups excluding carboxylic acids is 3. The van der Waals surface area contributed by atoms with Crippen molar-refractivity contribution in [2.24, 2.45) is 5.73 Å². The molecule has 1 unspecified atom stereocenters. The molecular weight excluding hydrogens is 396 g/mol. The standard InChI is InChI=1S/C23H34N4O4/c24-12-3-5-14-26(13-4-1-2-6-15-28)19-9-7-8-17-18(19)16-27(23(17)31)20-10-11-21(29)25-22(20)30/h7-9,20,28H,1-6,10-16,24H2,(H,25,29,30). The van der Waals surface area contributed by atoms with Gasteiger partial charge in [0.1, 0.15) is 6.04 Å². The highest BCUT2D eigenvalue weighted by Crippen LogP contribution is 2.34. The summed E-state index contributed by atoms with van der Waals surface area (Å²) in [7, 11) is 0. The Labute approximate surface area is 183 Å². The second-order valence-corrected chi connectivity index (χ2v) is 8.32. The Bertz CT molecular complexity index is 798. The first kappa shape index (κ1) is 23.2. The van der Waals surface area contributed by atoms with E-state index < -0.39 is 6.04 Å². The molecule has 1 aromatic rings. The molecule has 0 saturated carbocycles. The van der Waals surface area contributed by atoms with Gasteiger partial charge in [0.25, 0.3) is 5.91 Å². The second kappa shape index (κ2) is 11.2. The van der Waals surface area contributed by atoms with Gasteiger partial charge in [-0.15, -0.1) is 0 Å². The van der Waals surface area contributed by atoms with Crippen LogP contribution in [0.2, 0.25) is 0 Å². The minimum Gasteiger partial charge on any atom is -0.396 e. The normalized spacial score (nSPS) is 18.3. The van der Waals surface area contributed by atoms with Crippen molar-refractivity contribution >= 4 is 23.4 Å². The lowest BCUT2D eigenvalue weighted by Crippen LogP contribution is -2.52. The Morgan fingerprint density at radius 1 is 1.06 bits per heavy atom. The third-order valence-corrected chi connectivity index (χ3v) is 6.12. The lowest BCUT2D eigenvalue weighted by molar-refractivity contribution is -0.136. The Balaban J connectivity index is 1.76. The fourth-order valence-electron chi connectivity index (χ4n) is 4.43. The lowest BCUT2D eigenvalue weighted by Gasteiger charge is -2.30. The number of nitrogens with zero attached hydrogens (tertiary/aromatic N) is 2. The van der Waals surface area contributed by atoms with Crippen molar-refractivity contribution in [2.75, 3.05) is 31.1 Å². The number of nitrogens with one attached hydrogen (secondary N) is 1. The van der Waals surface area contributed by atoms with Crippen LogP contribution < -0.4 is 16.0 Å². The number of hydrogen-bond donors (Lipinski definition) is 3. The minimum atomic E-state index is -0.602. The number of carbonyl (C=O) groups is 3. The van der Waals surface area contributed by atoms with Crippen LogP contribution in [0.15, 0.2) is 18.2 Å². The molecule has 1 saturated heterocycles. The number of imide groups is 1. The molecule has 8 nitrogen and oxygen atoms in total. The van der Waals surface area contributed by atoms with Crippen LogP contribution in [0, 0.1) is 0 Å². The maximum absolute atomic E-state index is 13.1. The van der Waals surface area contributed by atoms with Gasteiger partial charge in [0, 0.05) is 49.5 Å². The minimum absolute atomic E-state index is 0.142. The molecular formula is C23H34N4O4. The summed E-state index contributed by atoms with van der Waals surface area (Å²) in [5, 5.41) is 11.3. The summed E-state index contributed by atoms with van der Waals surface area (Å²) in [6, 6.07) is 5.18. The summed E-state index contributed by atoms with van der Waals surface area (Å²) < 4.78 is 0. The average Bonchev–Trinajstić information content (AvgIpc) is 3.09.